The molecule has 1 fully saturated rings. The van der Waals surface area contributed by atoms with Gasteiger partial charge in [0.25, 0.3) is 5.91 Å². The molecule has 3 rings (SSSR count). The summed E-state index contributed by atoms with van der Waals surface area (Å²) in [5.41, 5.74) is 2.09. The summed E-state index contributed by atoms with van der Waals surface area (Å²) in [5, 5.41) is 3.03. The van der Waals surface area contributed by atoms with Gasteiger partial charge in [0.05, 0.1) is 12.3 Å². The minimum Gasteiger partial charge on any atom is -0.468 e. The minimum absolute atomic E-state index is 0.0282. The molecular weight excluding hydrogens is 312 g/mol. The molecule has 0 radical (unpaired) electrons. The Morgan fingerprint density at radius 3 is 2.48 bits per heavy atom. The number of hydrogen-bond donors (Lipinski definition) is 1. The van der Waals surface area contributed by atoms with Crippen LogP contribution in [0.2, 0.25) is 0 Å². The second-order valence-corrected chi connectivity index (χ2v) is 7.16. The van der Waals surface area contributed by atoms with Crippen LogP contribution in [0.15, 0.2) is 47.1 Å². The van der Waals surface area contributed by atoms with E-state index in [1.165, 1.54) is 37.7 Å². The van der Waals surface area contributed by atoms with E-state index >= 15 is 0 Å². The third kappa shape index (κ3) is 4.51. The van der Waals surface area contributed by atoms with E-state index in [4.69, 9.17) is 4.42 Å². The van der Waals surface area contributed by atoms with Crippen LogP contribution in [-0.2, 0) is 0 Å². The fourth-order valence-electron chi connectivity index (χ4n) is 3.65. The van der Waals surface area contributed by atoms with Gasteiger partial charge in [0.15, 0.2) is 0 Å². The number of likely N-dealkylation sites (N-methyl/N-ethyl adjacent to an activating group) is 1. The van der Waals surface area contributed by atoms with Crippen LogP contribution in [0.4, 0.5) is 0 Å². The van der Waals surface area contributed by atoms with Crippen LogP contribution in [0.5, 0.6) is 0 Å². The highest BCUT2D eigenvalue weighted by atomic mass is 16.3. The lowest BCUT2D eigenvalue weighted by molar-refractivity contribution is 0.0939. The molecule has 1 aromatic carbocycles. The number of hydrogen-bond acceptors (Lipinski definition) is 3. The van der Waals surface area contributed by atoms with E-state index in [1.54, 1.807) is 6.26 Å². The molecule has 4 heteroatoms. The van der Waals surface area contributed by atoms with Crippen molar-refractivity contribution < 1.29 is 9.21 Å². The monoisotopic (exact) mass is 340 g/mol. The van der Waals surface area contributed by atoms with Gasteiger partial charge in [0.1, 0.15) is 5.76 Å². The van der Waals surface area contributed by atoms with Gasteiger partial charge in [-0.2, -0.15) is 0 Å². The zero-order valence-corrected chi connectivity index (χ0v) is 15.2. The molecule has 1 heterocycles. The maximum absolute atomic E-state index is 12.5. The van der Waals surface area contributed by atoms with Gasteiger partial charge in [0, 0.05) is 12.1 Å². The summed E-state index contributed by atoms with van der Waals surface area (Å²) in [7, 11) is 3.97. The van der Waals surface area contributed by atoms with Crippen molar-refractivity contribution in [2.75, 3.05) is 20.6 Å². The van der Waals surface area contributed by atoms with Crippen molar-refractivity contribution in [3.8, 4) is 0 Å². The van der Waals surface area contributed by atoms with E-state index in [1.807, 2.05) is 43.3 Å². The third-order valence-corrected chi connectivity index (χ3v) is 5.20. The van der Waals surface area contributed by atoms with Crippen molar-refractivity contribution in [2.24, 2.45) is 0 Å². The largest absolute Gasteiger partial charge is 0.468 e. The molecule has 25 heavy (non-hydrogen) atoms. The van der Waals surface area contributed by atoms with Crippen LogP contribution in [0, 0.1) is 0 Å². The highest BCUT2D eigenvalue weighted by Crippen LogP contribution is 2.32. The summed E-state index contributed by atoms with van der Waals surface area (Å²) in [6.07, 6.45) is 8.23. The lowest BCUT2D eigenvalue weighted by Crippen LogP contribution is -2.34. The fraction of sp³-hybridized carbons (Fsp3) is 0.476. The molecule has 1 aliphatic rings. The predicted molar refractivity (Wildman–Crippen MR) is 99.7 cm³/mol. The molecule has 0 bridgehead atoms. The van der Waals surface area contributed by atoms with Crippen LogP contribution in [0.3, 0.4) is 0 Å². The Hall–Kier alpha value is -2.07. The summed E-state index contributed by atoms with van der Waals surface area (Å²) < 4.78 is 5.48. The molecule has 1 saturated carbocycles. The van der Waals surface area contributed by atoms with E-state index < -0.39 is 0 Å². The molecular formula is C21H28N2O2. The lowest BCUT2D eigenvalue weighted by atomic mass is 9.84. The quantitative estimate of drug-likeness (QED) is 0.850. The number of carbonyl (C=O) groups excluding carboxylic acids is 1. The van der Waals surface area contributed by atoms with Crippen LogP contribution in [0.25, 0.3) is 0 Å². The first-order valence-corrected chi connectivity index (χ1v) is 9.23. The third-order valence-electron chi connectivity index (χ3n) is 5.20. The molecule has 1 aliphatic carbocycles. The molecule has 0 spiro atoms. The molecule has 1 N–H and O–H groups in total. The second kappa shape index (κ2) is 8.34. The van der Waals surface area contributed by atoms with Crippen molar-refractivity contribution in [3.05, 3.63) is 59.5 Å². The molecule has 134 valence electrons. The maximum Gasteiger partial charge on any atom is 0.251 e. The van der Waals surface area contributed by atoms with Crippen molar-refractivity contribution in [1.82, 2.24) is 10.2 Å². The Kier molecular flexibility index (Phi) is 5.92. The Balaban J connectivity index is 1.59. The standard InChI is InChI=1S/C21H28N2O2/c1-23(2)19(20-9-6-14-25-20)15-22-21(24)18-12-10-17(11-13-18)16-7-4-3-5-8-16/h6,9-14,16,19H,3-5,7-8,15H2,1-2H3,(H,22,24). The van der Waals surface area contributed by atoms with Gasteiger partial charge >= 0.3 is 0 Å². The lowest BCUT2D eigenvalue weighted by Gasteiger charge is -2.23. The number of rotatable bonds is 6. The van der Waals surface area contributed by atoms with E-state index in [0.717, 1.165) is 11.3 Å². The SMILES string of the molecule is CN(C)C(CNC(=O)c1ccc(C2CCCCC2)cc1)c1ccco1. The number of benzene rings is 1. The number of nitrogens with one attached hydrogen (secondary N) is 1. The second-order valence-electron chi connectivity index (χ2n) is 7.16. The topological polar surface area (TPSA) is 45.5 Å². The summed E-state index contributed by atoms with van der Waals surface area (Å²) >= 11 is 0. The van der Waals surface area contributed by atoms with E-state index in [2.05, 4.69) is 17.4 Å². The van der Waals surface area contributed by atoms with E-state index in [9.17, 15) is 4.79 Å². The molecule has 1 atom stereocenters. The van der Waals surface area contributed by atoms with Gasteiger partial charge in [-0.3, -0.25) is 9.69 Å². The summed E-state index contributed by atoms with van der Waals surface area (Å²) in [5.74, 6) is 1.49. The highest BCUT2D eigenvalue weighted by Gasteiger charge is 2.19. The smallest absolute Gasteiger partial charge is 0.251 e. The van der Waals surface area contributed by atoms with Crippen molar-refractivity contribution in [3.63, 3.8) is 0 Å². The summed E-state index contributed by atoms with van der Waals surface area (Å²) in [6, 6.07) is 12.0. The zero-order valence-electron chi connectivity index (χ0n) is 15.2. The van der Waals surface area contributed by atoms with Gasteiger partial charge < -0.3 is 9.73 Å². The van der Waals surface area contributed by atoms with Crippen molar-refractivity contribution in [2.45, 2.75) is 44.1 Å². The first-order valence-electron chi connectivity index (χ1n) is 9.23. The molecule has 1 amide bonds. The Morgan fingerprint density at radius 2 is 1.88 bits per heavy atom. The van der Waals surface area contributed by atoms with Gasteiger partial charge in [0.2, 0.25) is 0 Å². The predicted octanol–water partition coefficient (Wildman–Crippen LogP) is 4.36. The number of nitrogens with zero attached hydrogens (tertiary/aromatic N) is 1. The molecule has 0 saturated heterocycles. The van der Waals surface area contributed by atoms with Crippen molar-refractivity contribution >= 4 is 5.91 Å². The van der Waals surface area contributed by atoms with E-state index in [-0.39, 0.29) is 11.9 Å². The first-order chi connectivity index (χ1) is 12.1. The number of carbonyl (C=O) groups is 1. The maximum atomic E-state index is 12.5. The van der Waals surface area contributed by atoms with Gasteiger partial charge in [-0.15, -0.1) is 0 Å². The van der Waals surface area contributed by atoms with Crippen LogP contribution in [-0.4, -0.2) is 31.4 Å². The highest BCUT2D eigenvalue weighted by molar-refractivity contribution is 5.94. The van der Waals surface area contributed by atoms with Gasteiger partial charge in [-0.05, 0) is 62.7 Å². The molecule has 2 aromatic rings. The summed E-state index contributed by atoms with van der Waals surface area (Å²) in [6.45, 7) is 0.518. The fourth-order valence-corrected chi connectivity index (χ4v) is 3.65. The number of amides is 1. The average Bonchev–Trinajstić information content (AvgIpc) is 3.16. The normalized spacial score (nSPS) is 16.8. The molecule has 0 aliphatic heterocycles. The Morgan fingerprint density at radius 1 is 1.16 bits per heavy atom. The zero-order chi connectivity index (χ0) is 17.6. The van der Waals surface area contributed by atoms with Gasteiger partial charge in [-0.25, -0.2) is 0 Å². The minimum atomic E-state index is -0.0337. The molecule has 4 nitrogen and oxygen atoms in total. The molecule has 1 unspecified atom stereocenters. The first kappa shape index (κ1) is 17.7. The Labute approximate surface area is 150 Å². The average molecular weight is 340 g/mol. The molecule has 1 aromatic heterocycles. The van der Waals surface area contributed by atoms with E-state index in [0.29, 0.717) is 12.5 Å². The van der Waals surface area contributed by atoms with Crippen LogP contribution in [0.1, 0.15) is 65.7 Å². The summed E-state index contributed by atoms with van der Waals surface area (Å²) in [4.78, 5) is 14.5. The van der Waals surface area contributed by atoms with Crippen LogP contribution < -0.4 is 5.32 Å². The number of furan rings is 1. The van der Waals surface area contributed by atoms with Crippen LogP contribution >= 0.6 is 0 Å². The van der Waals surface area contributed by atoms with Crippen molar-refractivity contribution in [1.29, 1.82) is 0 Å². The Bertz CT molecular complexity index is 656. The van der Waals surface area contributed by atoms with Gasteiger partial charge in [-0.1, -0.05) is 31.4 Å².